The quantitative estimate of drug-likeness (QED) is 0.424. The van der Waals surface area contributed by atoms with Crippen LogP contribution in [0.3, 0.4) is 0 Å². The van der Waals surface area contributed by atoms with Crippen LogP contribution in [0.2, 0.25) is 5.02 Å². The number of nitrogens with zero attached hydrogens (tertiary/aromatic N) is 1. The van der Waals surface area contributed by atoms with Crippen LogP contribution < -0.4 is 4.74 Å². The zero-order chi connectivity index (χ0) is 23.3. The first kappa shape index (κ1) is 24.8. The number of alkyl halides is 3. The normalized spacial score (nSPS) is 17.4. The average Bonchev–Trinajstić information content (AvgIpc) is 2.76. The van der Waals surface area contributed by atoms with Gasteiger partial charge in [0.05, 0.1) is 18.3 Å². The molecule has 1 fully saturated rings. The van der Waals surface area contributed by atoms with Gasteiger partial charge in [0.1, 0.15) is 12.4 Å². The average molecular weight is 490 g/mol. The first-order chi connectivity index (χ1) is 15.2. The van der Waals surface area contributed by atoms with E-state index >= 15 is 0 Å². The number of halogens is 5. The SMILES string of the molecule is CCc1cccc(Cl)c1COc1ccc(C2CN(CCC(=O)Cl)CCO2)c(C(F)(F)F)c1. The fraction of sp³-hybridized carbons (Fsp3) is 0.435. The van der Waals surface area contributed by atoms with Crippen molar-refractivity contribution in [1.82, 2.24) is 4.90 Å². The van der Waals surface area contributed by atoms with Crippen LogP contribution in [0.5, 0.6) is 5.75 Å². The van der Waals surface area contributed by atoms with Crippen molar-refractivity contribution in [3.8, 4) is 5.75 Å². The van der Waals surface area contributed by atoms with Crippen molar-refractivity contribution in [3.05, 3.63) is 63.7 Å². The Morgan fingerprint density at radius 1 is 1.28 bits per heavy atom. The Bertz CT molecular complexity index is 953. The van der Waals surface area contributed by atoms with E-state index in [1.165, 1.54) is 12.1 Å². The van der Waals surface area contributed by atoms with Gasteiger partial charge >= 0.3 is 6.18 Å². The summed E-state index contributed by atoms with van der Waals surface area (Å²) in [4.78, 5) is 12.9. The molecule has 0 amide bonds. The Morgan fingerprint density at radius 2 is 2.06 bits per heavy atom. The number of carbonyl (C=O) groups is 1. The number of rotatable bonds is 8. The third kappa shape index (κ3) is 6.38. The summed E-state index contributed by atoms with van der Waals surface area (Å²) >= 11 is 11.6. The summed E-state index contributed by atoms with van der Waals surface area (Å²) in [6.07, 6.45) is -4.48. The summed E-state index contributed by atoms with van der Waals surface area (Å²) < 4.78 is 52.9. The molecule has 1 heterocycles. The lowest BCUT2D eigenvalue weighted by molar-refractivity contribution is -0.140. The molecule has 2 aromatic carbocycles. The van der Waals surface area contributed by atoms with Gasteiger partial charge in [-0.25, -0.2) is 0 Å². The maximum atomic E-state index is 13.9. The summed E-state index contributed by atoms with van der Waals surface area (Å²) in [7, 11) is 0. The maximum absolute atomic E-state index is 13.9. The van der Waals surface area contributed by atoms with Gasteiger partial charge in [0.25, 0.3) is 0 Å². The number of hydrogen-bond acceptors (Lipinski definition) is 4. The second-order valence-corrected chi connectivity index (χ2v) is 8.36. The lowest BCUT2D eigenvalue weighted by atomic mass is 10.00. The summed E-state index contributed by atoms with van der Waals surface area (Å²) in [6.45, 7) is 3.46. The molecule has 0 N–H and O–H groups in total. The van der Waals surface area contributed by atoms with Crippen molar-refractivity contribution in [3.63, 3.8) is 0 Å². The van der Waals surface area contributed by atoms with E-state index in [1.807, 2.05) is 24.0 Å². The molecule has 1 unspecified atom stereocenters. The molecule has 32 heavy (non-hydrogen) atoms. The molecule has 0 bridgehead atoms. The predicted octanol–water partition coefficient (Wildman–Crippen LogP) is 6.03. The van der Waals surface area contributed by atoms with E-state index in [-0.39, 0.29) is 37.5 Å². The van der Waals surface area contributed by atoms with E-state index in [1.54, 1.807) is 6.07 Å². The molecule has 174 valence electrons. The van der Waals surface area contributed by atoms with Crippen LogP contribution in [-0.2, 0) is 28.7 Å². The minimum atomic E-state index is -4.58. The Kier molecular flexibility index (Phi) is 8.44. The molecule has 0 saturated carbocycles. The molecule has 4 nitrogen and oxygen atoms in total. The lowest BCUT2D eigenvalue weighted by Gasteiger charge is -2.34. The summed E-state index contributed by atoms with van der Waals surface area (Å²) in [5.74, 6) is 0.100. The molecule has 2 aromatic rings. The van der Waals surface area contributed by atoms with Gasteiger partial charge in [-0.15, -0.1) is 0 Å². The molecule has 0 radical (unpaired) electrons. The monoisotopic (exact) mass is 489 g/mol. The minimum Gasteiger partial charge on any atom is -0.489 e. The van der Waals surface area contributed by atoms with E-state index in [9.17, 15) is 18.0 Å². The Hall–Kier alpha value is -1.80. The van der Waals surface area contributed by atoms with Crippen LogP contribution in [0.1, 0.15) is 41.7 Å². The molecule has 3 rings (SSSR count). The molecule has 0 aliphatic carbocycles. The molecule has 1 aliphatic rings. The van der Waals surface area contributed by atoms with Crippen LogP contribution >= 0.6 is 23.2 Å². The highest BCUT2D eigenvalue weighted by atomic mass is 35.5. The van der Waals surface area contributed by atoms with Crippen molar-refractivity contribution in [2.24, 2.45) is 0 Å². The number of morpholine rings is 1. The first-order valence-corrected chi connectivity index (χ1v) is 11.1. The number of hydrogen-bond donors (Lipinski definition) is 0. The van der Waals surface area contributed by atoms with Gasteiger partial charge in [-0.2, -0.15) is 13.2 Å². The zero-order valence-corrected chi connectivity index (χ0v) is 19.1. The van der Waals surface area contributed by atoms with Gasteiger partial charge in [0.2, 0.25) is 5.24 Å². The third-order valence-electron chi connectivity index (χ3n) is 5.43. The van der Waals surface area contributed by atoms with Crippen LogP contribution in [0.4, 0.5) is 13.2 Å². The summed E-state index contributed by atoms with van der Waals surface area (Å²) in [5, 5.41) is 0.0402. The third-order valence-corrected chi connectivity index (χ3v) is 5.98. The lowest BCUT2D eigenvalue weighted by Crippen LogP contribution is -2.39. The van der Waals surface area contributed by atoms with Crippen molar-refractivity contribution < 1.29 is 27.4 Å². The molecule has 9 heteroatoms. The maximum Gasteiger partial charge on any atom is 0.416 e. The van der Waals surface area contributed by atoms with E-state index in [4.69, 9.17) is 32.7 Å². The number of carbonyl (C=O) groups excluding carboxylic acids is 1. The number of ether oxygens (including phenoxy) is 2. The van der Waals surface area contributed by atoms with Gasteiger partial charge in [-0.05, 0) is 47.3 Å². The smallest absolute Gasteiger partial charge is 0.416 e. The standard InChI is InChI=1S/C23H24Cl2F3NO3/c1-2-15-4-3-5-20(24)18(15)14-32-16-6-7-17(19(12-16)23(26,27)28)21-13-29(10-11-31-21)9-8-22(25)30/h3-7,12,21H,2,8-11,13-14H2,1H3. The molecular weight excluding hydrogens is 466 g/mol. The van der Waals surface area contributed by atoms with Crippen molar-refractivity contribution in [2.45, 2.75) is 38.7 Å². The minimum absolute atomic E-state index is 0.0405. The fourth-order valence-corrected chi connectivity index (χ4v) is 4.08. The fourth-order valence-electron chi connectivity index (χ4n) is 3.74. The van der Waals surface area contributed by atoms with Crippen LogP contribution in [0, 0.1) is 0 Å². The highest BCUT2D eigenvalue weighted by Gasteiger charge is 2.37. The molecular formula is C23H24Cl2F3NO3. The Balaban J connectivity index is 1.80. The van der Waals surface area contributed by atoms with Crippen LogP contribution in [-0.4, -0.2) is 36.4 Å². The first-order valence-electron chi connectivity index (χ1n) is 10.3. The zero-order valence-electron chi connectivity index (χ0n) is 17.6. The Morgan fingerprint density at radius 3 is 2.75 bits per heavy atom. The second kappa shape index (κ2) is 10.9. The highest BCUT2D eigenvalue weighted by Crippen LogP contribution is 2.39. The van der Waals surface area contributed by atoms with Crippen molar-refractivity contribution in [1.29, 1.82) is 0 Å². The molecule has 0 spiro atoms. The molecule has 0 aromatic heterocycles. The van der Waals surface area contributed by atoms with E-state index in [0.29, 0.717) is 18.1 Å². The van der Waals surface area contributed by atoms with E-state index in [2.05, 4.69) is 0 Å². The van der Waals surface area contributed by atoms with Gasteiger partial charge in [0, 0.05) is 36.6 Å². The summed E-state index contributed by atoms with van der Waals surface area (Å²) in [5.41, 5.74) is 0.981. The second-order valence-electron chi connectivity index (χ2n) is 7.53. The van der Waals surface area contributed by atoms with Gasteiger partial charge in [-0.3, -0.25) is 9.69 Å². The van der Waals surface area contributed by atoms with Crippen molar-refractivity contribution >= 4 is 28.4 Å². The van der Waals surface area contributed by atoms with Gasteiger partial charge in [0.15, 0.2) is 0 Å². The van der Waals surface area contributed by atoms with Crippen molar-refractivity contribution in [2.75, 3.05) is 26.2 Å². The summed E-state index contributed by atoms with van der Waals surface area (Å²) in [6, 6.07) is 9.39. The van der Waals surface area contributed by atoms with Crippen LogP contribution in [0.15, 0.2) is 36.4 Å². The largest absolute Gasteiger partial charge is 0.489 e. The van der Waals surface area contributed by atoms with Gasteiger partial charge < -0.3 is 9.47 Å². The number of aryl methyl sites for hydroxylation is 1. The molecule has 1 saturated heterocycles. The van der Waals surface area contributed by atoms with Gasteiger partial charge in [-0.1, -0.05) is 36.7 Å². The predicted molar refractivity (Wildman–Crippen MR) is 117 cm³/mol. The van der Waals surface area contributed by atoms with E-state index in [0.717, 1.165) is 23.6 Å². The highest BCUT2D eigenvalue weighted by molar-refractivity contribution is 6.63. The van der Waals surface area contributed by atoms with Crippen LogP contribution in [0.25, 0.3) is 0 Å². The van der Waals surface area contributed by atoms with E-state index < -0.39 is 23.1 Å². The number of benzene rings is 2. The molecule has 1 atom stereocenters. The Labute approximate surface area is 195 Å². The molecule has 1 aliphatic heterocycles. The topological polar surface area (TPSA) is 38.8 Å².